The highest BCUT2D eigenvalue weighted by molar-refractivity contribution is 7.98. The maximum atomic E-state index is 13.5. The molecule has 130 valence electrons. The third-order valence-electron chi connectivity index (χ3n) is 3.66. The maximum Gasteiger partial charge on any atom is 0.128 e. The van der Waals surface area contributed by atoms with Crippen LogP contribution in [0.3, 0.4) is 0 Å². The minimum absolute atomic E-state index is 0.170. The molecule has 2 aromatic carbocycles. The monoisotopic (exact) mass is 349 g/mol. The van der Waals surface area contributed by atoms with Gasteiger partial charge in [0.1, 0.15) is 5.82 Å². The molecule has 2 rings (SSSR count). The smallest absolute Gasteiger partial charge is 0.128 e. The first-order valence-corrected chi connectivity index (χ1v) is 9.11. The van der Waals surface area contributed by atoms with Crippen molar-refractivity contribution < 1.29 is 14.2 Å². The molecule has 3 nitrogen and oxygen atoms in total. The van der Waals surface area contributed by atoms with Crippen molar-refractivity contribution in [3.05, 3.63) is 65.5 Å². The zero-order chi connectivity index (χ0) is 17.4. The standard InChI is InChI=1S/C19H24FNO2S/c1-21(11-15-7-9-18(24-2)10-8-15)12-17(22)14-23-13-16-5-3-4-6-19(16)20/h3-10,17,22H,11-14H2,1-2H3/t17-/m0/s1. The second-order valence-electron chi connectivity index (χ2n) is 5.81. The lowest BCUT2D eigenvalue weighted by Gasteiger charge is -2.20. The summed E-state index contributed by atoms with van der Waals surface area (Å²) in [5, 5.41) is 10.1. The summed E-state index contributed by atoms with van der Waals surface area (Å²) in [4.78, 5) is 3.29. The Labute approximate surface area is 147 Å². The molecule has 1 N–H and O–H groups in total. The predicted octanol–water partition coefficient (Wildman–Crippen LogP) is 3.56. The van der Waals surface area contributed by atoms with Crippen molar-refractivity contribution in [2.45, 2.75) is 24.2 Å². The van der Waals surface area contributed by atoms with Gasteiger partial charge in [0.15, 0.2) is 0 Å². The quantitative estimate of drug-likeness (QED) is 0.702. The number of rotatable bonds is 9. The Hall–Kier alpha value is -1.40. The fourth-order valence-electron chi connectivity index (χ4n) is 2.44. The average molecular weight is 349 g/mol. The van der Waals surface area contributed by atoms with Crippen molar-refractivity contribution in [1.82, 2.24) is 4.90 Å². The van der Waals surface area contributed by atoms with Gasteiger partial charge in [-0.15, -0.1) is 11.8 Å². The molecular formula is C19H24FNO2S. The summed E-state index contributed by atoms with van der Waals surface area (Å²) in [6.45, 7) is 1.62. The van der Waals surface area contributed by atoms with Gasteiger partial charge in [-0.2, -0.15) is 0 Å². The summed E-state index contributed by atoms with van der Waals surface area (Å²) in [6.07, 6.45) is 1.45. The summed E-state index contributed by atoms with van der Waals surface area (Å²) < 4.78 is 18.9. The molecule has 0 amide bonds. The summed E-state index contributed by atoms with van der Waals surface area (Å²) in [5.74, 6) is -0.280. The van der Waals surface area contributed by atoms with Crippen LogP contribution in [0.4, 0.5) is 4.39 Å². The third kappa shape index (κ3) is 6.24. The highest BCUT2D eigenvalue weighted by Crippen LogP contribution is 2.15. The van der Waals surface area contributed by atoms with Crippen LogP contribution in [0.1, 0.15) is 11.1 Å². The van der Waals surface area contributed by atoms with Crippen molar-refractivity contribution >= 4 is 11.8 Å². The number of aliphatic hydroxyl groups is 1. The Morgan fingerprint density at radius 3 is 2.54 bits per heavy atom. The first kappa shape index (κ1) is 18.9. The van der Waals surface area contributed by atoms with Gasteiger partial charge in [-0.25, -0.2) is 4.39 Å². The van der Waals surface area contributed by atoms with Crippen LogP contribution in [0.5, 0.6) is 0 Å². The first-order chi connectivity index (χ1) is 11.6. The number of nitrogens with zero attached hydrogens (tertiary/aromatic N) is 1. The molecule has 0 heterocycles. The van der Waals surface area contributed by atoms with Crippen LogP contribution in [0.25, 0.3) is 0 Å². The molecule has 24 heavy (non-hydrogen) atoms. The molecule has 0 radical (unpaired) electrons. The molecule has 0 aliphatic rings. The van der Waals surface area contributed by atoms with Gasteiger partial charge in [0.05, 0.1) is 19.3 Å². The Morgan fingerprint density at radius 1 is 1.17 bits per heavy atom. The van der Waals surface area contributed by atoms with E-state index in [9.17, 15) is 9.50 Å². The van der Waals surface area contributed by atoms with Gasteiger partial charge in [-0.05, 0) is 37.1 Å². The van der Waals surface area contributed by atoms with E-state index >= 15 is 0 Å². The summed E-state index contributed by atoms with van der Waals surface area (Å²) in [5.41, 5.74) is 1.71. The minimum Gasteiger partial charge on any atom is -0.389 e. The predicted molar refractivity (Wildman–Crippen MR) is 96.6 cm³/mol. The fourth-order valence-corrected chi connectivity index (χ4v) is 2.85. The van der Waals surface area contributed by atoms with Crippen molar-refractivity contribution in [1.29, 1.82) is 0 Å². The van der Waals surface area contributed by atoms with E-state index in [1.54, 1.807) is 30.0 Å². The lowest BCUT2D eigenvalue weighted by molar-refractivity contribution is 0.0119. The van der Waals surface area contributed by atoms with Crippen LogP contribution in [-0.4, -0.2) is 42.6 Å². The van der Waals surface area contributed by atoms with E-state index in [0.29, 0.717) is 12.1 Å². The van der Waals surface area contributed by atoms with E-state index in [1.165, 1.54) is 16.5 Å². The van der Waals surface area contributed by atoms with Crippen molar-refractivity contribution in [3.63, 3.8) is 0 Å². The molecule has 0 unspecified atom stereocenters. The largest absolute Gasteiger partial charge is 0.389 e. The normalized spacial score (nSPS) is 12.5. The van der Waals surface area contributed by atoms with Gasteiger partial charge in [0.2, 0.25) is 0 Å². The van der Waals surface area contributed by atoms with E-state index in [0.717, 1.165) is 6.54 Å². The second-order valence-corrected chi connectivity index (χ2v) is 6.68. The van der Waals surface area contributed by atoms with E-state index in [4.69, 9.17) is 4.74 Å². The molecule has 0 saturated carbocycles. The molecule has 0 fully saturated rings. The highest BCUT2D eigenvalue weighted by atomic mass is 32.2. The highest BCUT2D eigenvalue weighted by Gasteiger charge is 2.10. The zero-order valence-corrected chi connectivity index (χ0v) is 14.9. The van der Waals surface area contributed by atoms with Crippen molar-refractivity contribution in [3.8, 4) is 0 Å². The van der Waals surface area contributed by atoms with Gasteiger partial charge in [0, 0.05) is 23.5 Å². The van der Waals surface area contributed by atoms with Crippen LogP contribution >= 0.6 is 11.8 Å². The molecule has 0 aliphatic carbocycles. The number of benzene rings is 2. The van der Waals surface area contributed by atoms with Gasteiger partial charge in [-0.1, -0.05) is 30.3 Å². The average Bonchev–Trinajstić information content (AvgIpc) is 2.57. The first-order valence-electron chi connectivity index (χ1n) is 7.89. The number of hydrogen-bond donors (Lipinski definition) is 1. The fraction of sp³-hybridized carbons (Fsp3) is 0.368. The molecule has 0 aromatic heterocycles. The second kappa shape index (κ2) is 9.79. The molecule has 5 heteroatoms. The minimum atomic E-state index is -0.604. The Kier molecular flexibility index (Phi) is 7.72. The van der Waals surface area contributed by atoms with Crippen molar-refractivity contribution in [2.24, 2.45) is 0 Å². The lowest BCUT2D eigenvalue weighted by Crippen LogP contribution is -2.31. The van der Waals surface area contributed by atoms with E-state index in [1.807, 2.05) is 11.9 Å². The van der Waals surface area contributed by atoms with E-state index in [2.05, 4.69) is 30.5 Å². The van der Waals surface area contributed by atoms with Gasteiger partial charge in [-0.3, -0.25) is 4.90 Å². The van der Waals surface area contributed by atoms with Crippen LogP contribution in [0.15, 0.2) is 53.4 Å². The number of ether oxygens (including phenoxy) is 1. The van der Waals surface area contributed by atoms with Crippen LogP contribution < -0.4 is 0 Å². The molecular weight excluding hydrogens is 325 g/mol. The van der Waals surface area contributed by atoms with Crippen LogP contribution in [0, 0.1) is 5.82 Å². The third-order valence-corrected chi connectivity index (χ3v) is 4.40. The molecule has 0 bridgehead atoms. The maximum absolute atomic E-state index is 13.5. The number of likely N-dealkylation sites (N-methyl/N-ethyl adjacent to an activating group) is 1. The Morgan fingerprint density at radius 2 is 1.88 bits per heavy atom. The number of thioether (sulfide) groups is 1. The molecule has 1 atom stereocenters. The SMILES string of the molecule is CSc1ccc(CN(C)C[C@H](O)COCc2ccccc2F)cc1. The summed E-state index contributed by atoms with van der Waals surface area (Å²) in [6, 6.07) is 14.9. The zero-order valence-electron chi connectivity index (χ0n) is 14.1. The van der Waals surface area contributed by atoms with Crippen LogP contribution in [-0.2, 0) is 17.9 Å². The lowest BCUT2D eigenvalue weighted by atomic mass is 10.2. The van der Waals surface area contributed by atoms with Crippen LogP contribution in [0.2, 0.25) is 0 Å². The summed E-state index contributed by atoms with van der Waals surface area (Å²) in [7, 11) is 1.96. The molecule has 0 spiro atoms. The number of aliphatic hydroxyl groups excluding tert-OH is 1. The Bertz CT molecular complexity index is 621. The van der Waals surface area contributed by atoms with E-state index in [-0.39, 0.29) is 19.0 Å². The van der Waals surface area contributed by atoms with E-state index < -0.39 is 6.10 Å². The van der Waals surface area contributed by atoms with Gasteiger partial charge in [0.25, 0.3) is 0 Å². The summed E-state index contributed by atoms with van der Waals surface area (Å²) >= 11 is 1.72. The Balaban J connectivity index is 1.71. The van der Waals surface area contributed by atoms with Crippen molar-refractivity contribution in [2.75, 3.05) is 26.5 Å². The topological polar surface area (TPSA) is 32.7 Å². The van der Waals surface area contributed by atoms with Gasteiger partial charge < -0.3 is 9.84 Å². The van der Waals surface area contributed by atoms with Gasteiger partial charge >= 0.3 is 0 Å². The molecule has 0 aliphatic heterocycles. The number of hydrogen-bond acceptors (Lipinski definition) is 4. The molecule has 2 aromatic rings. The molecule has 0 saturated heterocycles. The number of halogens is 1.